The van der Waals surface area contributed by atoms with Crippen LogP contribution in [-0.2, 0) is 0 Å². The van der Waals surface area contributed by atoms with Crippen LogP contribution in [0.2, 0.25) is 0 Å². The number of phenols is 1. The number of aromatic nitrogens is 2. The fourth-order valence-electron chi connectivity index (χ4n) is 2.71. The van der Waals surface area contributed by atoms with Crippen molar-refractivity contribution in [1.82, 2.24) is 9.97 Å². The Bertz CT molecular complexity index is 993. The monoisotopic (exact) mass is 286 g/mol. The summed E-state index contributed by atoms with van der Waals surface area (Å²) in [4.78, 5) is 7.59. The molecular formula is C19H14N2O. The van der Waals surface area contributed by atoms with Crippen LogP contribution in [0.4, 0.5) is 0 Å². The van der Waals surface area contributed by atoms with Crippen LogP contribution in [0.1, 0.15) is 11.1 Å². The highest BCUT2D eigenvalue weighted by atomic mass is 16.3. The molecule has 3 heteroatoms. The molecule has 0 unspecified atom stereocenters. The third kappa shape index (κ3) is 2.13. The van der Waals surface area contributed by atoms with Gasteiger partial charge in [-0.3, -0.25) is 4.98 Å². The number of aromatic amines is 1. The van der Waals surface area contributed by atoms with Gasteiger partial charge in [-0.1, -0.05) is 30.4 Å². The van der Waals surface area contributed by atoms with Crippen molar-refractivity contribution in [2.75, 3.05) is 0 Å². The van der Waals surface area contributed by atoms with Crippen molar-refractivity contribution in [2.45, 2.75) is 0 Å². The largest absolute Gasteiger partial charge is 0.508 e. The lowest BCUT2D eigenvalue weighted by molar-refractivity contribution is 0.476. The molecule has 0 aliphatic carbocycles. The zero-order valence-electron chi connectivity index (χ0n) is 11.8. The number of nitrogens with zero attached hydrogens (tertiary/aromatic N) is 1. The molecule has 3 nitrogen and oxygen atoms in total. The number of nitrogens with one attached hydrogen (secondary N) is 1. The quantitative estimate of drug-likeness (QED) is 0.566. The lowest BCUT2D eigenvalue weighted by Gasteiger charge is -2.00. The lowest BCUT2D eigenvalue weighted by atomic mass is 10.1. The van der Waals surface area contributed by atoms with Crippen molar-refractivity contribution < 1.29 is 5.11 Å². The number of fused-ring (bicyclic) bond motifs is 2. The van der Waals surface area contributed by atoms with Crippen molar-refractivity contribution >= 4 is 34.0 Å². The van der Waals surface area contributed by atoms with Crippen LogP contribution < -0.4 is 0 Å². The Balaban J connectivity index is 1.81. The Labute approximate surface area is 127 Å². The molecule has 0 radical (unpaired) electrons. The number of para-hydroxylation sites is 1. The summed E-state index contributed by atoms with van der Waals surface area (Å²) in [6, 6.07) is 15.4. The van der Waals surface area contributed by atoms with Crippen molar-refractivity contribution in [3.63, 3.8) is 0 Å². The molecule has 0 atom stereocenters. The first-order chi connectivity index (χ1) is 10.8. The molecule has 4 rings (SSSR count). The Hall–Kier alpha value is -3.07. The molecule has 2 heterocycles. The summed E-state index contributed by atoms with van der Waals surface area (Å²) < 4.78 is 0. The molecule has 4 aromatic rings. The first-order valence-corrected chi connectivity index (χ1v) is 7.13. The molecule has 0 saturated heterocycles. The number of hydrogen-bond acceptors (Lipinski definition) is 2. The summed E-state index contributed by atoms with van der Waals surface area (Å²) in [5.41, 5.74) is 4.17. The zero-order valence-corrected chi connectivity index (χ0v) is 11.8. The van der Waals surface area contributed by atoms with Crippen molar-refractivity contribution in [3.8, 4) is 5.75 Å². The third-order valence-corrected chi connectivity index (χ3v) is 3.82. The van der Waals surface area contributed by atoms with Gasteiger partial charge in [0.15, 0.2) is 0 Å². The van der Waals surface area contributed by atoms with Crippen LogP contribution in [0.25, 0.3) is 34.0 Å². The highest BCUT2D eigenvalue weighted by Gasteiger charge is 2.02. The van der Waals surface area contributed by atoms with E-state index < -0.39 is 0 Å². The molecule has 2 aromatic heterocycles. The topological polar surface area (TPSA) is 48.9 Å². The molecule has 106 valence electrons. The standard InChI is InChI=1S/C19H14N2O/c22-15-7-8-19-17(11-15)14(12-21-19)6-5-13-9-10-20-18-4-2-1-3-16(13)18/h1-12,21-22H/b6-5+. The fraction of sp³-hybridized carbons (Fsp3) is 0. The van der Waals surface area contributed by atoms with Gasteiger partial charge in [0.2, 0.25) is 0 Å². The summed E-state index contributed by atoms with van der Waals surface area (Å²) in [5.74, 6) is 0.274. The highest BCUT2D eigenvalue weighted by molar-refractivity contribution is 5.95. The van der Waals surface area contributed by atoms with Gasteiger partial charge in [-0.25, -0.2) is 0 Å². The van der Waals surface area contributed by atoms with E-state index in [1.165, 1.54) is 0 Å². The van der Waals surface area contributed by atoms with Gasteiger partial charge in [0, 0.05) is 28.7 Å². The summed E-state index contributed by atoms with van der Waals surface area (Å²) in [6.07, 6.45) is 7.91. The van der Waals surface area contributed by atoms with Crippen LogP contribution in [0.15, 0.2) is 60.9 Å². The molecule has 0 spiro atoms. The molecule has 0 bridgehead atoms. The number of benzene rings is 2. The number of hydrogen-bond donors (Lipinski definition) is 2. The van der Waals surface area contributed by atoms with Crippen LogP contribution in [-0.4, -0.2) is 15.1 Å². The van der Waals surface area contributed by atoms with Crippen LogP contribution in [0.5, 0.6) is 5.75 Å². The minimum atomic E-state index is 0.274. The molecule has 0 fully saturated rings. The van der Waals surface area contributed by atoms with Crippen LogP contribution in [0, 0.1) is 0 Å². The first-order valence-electron chi connectivity index (χ1n) is 7.13. The summed E-state index contributed by atoms with van der Waals surface area (Å²) in [6.45, 7) is 0. The molecular weight excluding hydrogens is 272 g/mol. The normalized spacial score (nSPS) is 11.6. The third-order valence-electron chi connectivity index (χ3n) is 3.82. The van der Waals surface area contributed by atoms with Gasteiger partial charge in [0.05, 0.1) is 5.52 Å². The maximum atomic E-state index is 9.65. The molecule has 2 aromatic carbocycles. The van der Waals surface area contributed by atoms with E-state index >= 15 is 0 Å². The van der Waals surface area contributed by atoms with Crippen molar-refractivity contribution in [2.24, 2.45) is 0 Å². The number of rotatable bonds is 2. The van der Waals surface area contributed by atoms with E-state index in [1.54, 1.807) is 12.1 Å². The van der Waals surface area contributed by atoms with E-state index in [9.17, 15) is 5.11 Å². The van der Waals surface area contributed by atoms with Gasteiger partial charge >= 0.3 is 0 Å². The van der Waals surface area contributed by atoms with Gasteiger partial charge in [-0.2, -0.15) is 0 Å². The second-order valence-corrected chi connectivity index (χ2v) is 5.22. The van der Waals surface area contributed by atoms with Crippen LogP contribution >= 0.6 is 0 Å². The summed E-state index contributed by atoms with van der Waals surface area (Å²) >= 11 is 0. The van der Waals surface area contributed by atoms with Gasteiger partial charge in [0.1, 0.15) is 5.75 Å². The molecule has 2 N–H and O–H groups in total. The Kier molecular flexibility index (Phi) is 2.90. The van der Waals surface area contributed by atoms with E-state index in [2.05, 4.69) is 28.2 Å². The number of H-pyrrole nitrogens is 1. The maximum absolute atomic E-state index is 9.65. The average Bonchev–Trinajstić information content (AvgIpc) is 2.95. The van der Waals surface area contributed by atoms with E-state index in [-0.39, 0.29) is 5.75 Å². The fourth-order valence-corrected chi connectivity index (χ4v) is 2.71. The highest BCUT2D eigenvalue weighted by Crippen LogP contribution is 2.25. The van der Waals surface area contributed by atoms with E-state index in [4.69, 9.17) is 0 Å². The molecule has 22 heavy (non-hydrogen) atoms. The minimum Gasteiger partial charge on any atom is -0.508 e. The maximum Gasteiger partial charge on any atom is 0.116 e. The minimum absolute atomic E-state index is 0.274. The van der Waals surface area contributed by atoms with Gasteiger partial charge in [-0.05, 0) is 41.5 Å². The van der Waals surface area contributed by atoms with Gasteiger partial charge in [-0.15, -0.1) is 0 Å². The summed E-state index contributed by atoms with van der Waals surface area (Å²) in [7, 11) is 0. The lowest BCUT2D eigenvalue weighted by Crippen LogP contribution is -1.81. The van der Waals surface area contributed by atoms with Gasteiger partial charge < -0.3 is 10.1 Å². The smallest absolute Gasteiger partial charge is 0.116 e. The molecule has 0 aliphatic rings. The van der Waals surface area contributed by atoms with Crippen molar-refractivity contribution in [3.05, 3.63) is 72.1 Å². The molecule has 0 saturated carbocycles. The number of pyridine rings is 1. The van der Waals surface area contributed by atoms with E-state index in [0.29, 0.717) is 0 Å². The number of aromatic hydroxyl groups is 1. The summed E-state index contributed by atoms with van der Waals surface area (Å²) in [5, 5.41) is 11.8. The van der Waals surface area contributed by atoms with E-state index in [1.807, 2.05) is 42.7 Å². The average molecular weight is 286 g/mol. The number of phenolic OH excluding ortho intramolecular Hbond substituents is 1. The predicted octanol–water partition coefficient (Wildman–Crippen LogP) is 4.59. The predicted molar refractivity (Wildman–Crippen MR) is 90.6 cm³/mol. The Morgan fingerprint density at radius 2 is 1.77 bits per heavy atom. The Morgan fingerprint density at radius 1 is 0.909 bits per heavy atom. The second kappa shape index (κ2) is 5.04. The first kappa shape index (κ1) is 12.7. The van der Waals surface area contributed by atoms with Crippen LogP contribution in [0.3, 0.4) is 0 Å². The SMILES string of the molecule is Oc1ccc2[nH]cc(/C=C/c3ccnc4ccccc34)c2c1. The Morgan fingerprint density at radius 3 is 2.73 bits per heavy atom. The van der Waals surface area contributed by atoms with E-state index in [0.717, 1.165) is 32.9 Å². The van der Waals surface area contributed by atoms with Gasteiger partial charge in [0.25, 0.3) is 0 Å². The second-order valence-electron chi connectivity index (χ2n) is 5.22. The molecule has 0 amide bonds. The van der Waals surface area contributed by atoms with Crippen molar-refractivity contribution in [1.29, 1.82) is 0 Å². The molecule has 0 aliphatic heterocycles. The zero-order chi connectivity index (χ0) is 14.9.